The smallest absolute Gasteiger partial charge is 0.224 e. The van der Waals surface area contributed by atoms with E-state index in [2.05, 4.69) is 27.9 Å². The van der Waals surface area contributed by atoms with Gasteiger partial charge in [-0.3, -0.25) is 4.48 Å². The summed E-state index contributed by atoms with van der Waals surface area (Å²) in [6.45, 7) is 6.75. The topological polar surface area (TPSA) is 12.5 Å². The molecule has 0 aromatic heterocycles. The second-order valence-electron chi connectivity index (χ2n) is 9.88. The fourth-order valence-electron chi connectivity index (χ4n) is 4.10. The standard InChI is InChI=1S/C25H52NO.ClH/c1-5-6-7-8-9-10-11-12-13-14-15-16-17-18-19-20-21-22-23-26(3,4)25(2)24-27-25;/h5-24H2,1-4H3;1H/q+1;/p-1. The van der Waals surface area contributed by atoms with Crippen LogP contribution in [0.2, 0.25) is 0 Å². The second kappa shape index (κ2) is 16.9. The van der Waals surface area contributed by atoms with E-state index in [9.17, 15) is 0 Å². The van der Waals surface area contributed by atoms with Crippen LogP contribution in [0.5, 0.6) is 0 Å². The van der Waals surface area contributed by atoms with Crippen molar-refractivity contribution in [2.75, 3.05) is 27.2 Å². The first-order chi connectivity index (χ1) is 13.0. The predicted molar refractivity (Wildman–Crippen MR) is 120 cm³/mol. The van der Waals surface area contributed by atoms with Crippen LogP contribution in [-0.2, 0) is 4.74 Å². The summed E-state index contributed by atoms with van der Waals surface area (Å²) in [6.07, 6.45) is 26.1. The Morgan fingerprint density at radius 1 is 0.607 bits per heavy atom. The molecule has 3 heteroatoms. The summed E-state index contributed by atoms with van der Waals surface area (Å²) in [4.78, 5) is 0. The molecule has 170 valence electrons. The largest absolute Gasteiger partial charge is 1.00 e. The van der Waals surface area contributed by atoms with Crippen LogP contribution in [0.15, 0.2) is 0 Å². The Bertz CT molecular complexity index is 341. The van der Waals surface area contributed by atoms with Crippen LogP contribution in [0.25, 0.3) is 0 Å². The molecule has 1 fully saturated rings. The summed E-state index contributed by atoms with van der Waals surface area (Å²) in [7, 11) is 4.64. The molecular weight excluding hydrogens is 366 g/mol. The first kappa shape index (κ1) is 28.2. The van der Waals surface area contributed by atoms with Gasteiger partial charge in [-0.1, -0.05) is 110 Å². The van der Waals surface area contributed by atoms with Gasteiger partial charge in [-0.25, -0.2) is 0 Å². The summed E-state index contributed by atoms with van der Waals surface area (Å²) in [5, 5.41) is 0. The number of epoxide rings is 1. The van der Waals surface area contributed by atoms with E-state index in [4.69, 9.17) is 4.74 Å². The van der Waals surface area contributed by atoms with Crippen LogP contribution in [0.3, 0.4) is 0 Å². The molecule has 0 saturated carbocycles. The Morgan fingerprint density at radius 3 is 1.18 bits per heavy atom. The summed E-state index contributed by atoms with van der Waals surface area (Å²) >= 11 is 0. The molecule has 1 unspecified atom stereocenters. The summed E-state index contributed by atoms with van der Waals surface area (Å²) in [6, 6.07) is 0. The molecule has 0 amide bonds. The van der Waals surface area contributed by atoms with E-state index in [1.54, 1.807) is 0 Å². The number of likely N-dealkylation sites (N-methyl/N-ethyl adjacent to an activating group) is 1. The van der Waals surface area contributed by atoms with Gasteiger partial charge in [0.2, 0.25) is 5.72 Å². The van der Waals surface area contributed by atoms with E-state index in [0.717, 1.165) is 11.1 Å². The number of ether oxygens (including phenoxy) is 1. The van der Waals surface area contributed by atoms with Crippen molar-refractivity contribution in [1.82, 2.24) is 0 Å². The normalized spacial score (nSPS) is 18.9. The lowest BCUT2D eigenvalue weighted by Gasteiger charge is -2.33. The molecule has 28 heavy (non-hydrogen) atoms. The molecule has 1 aliphatic heterocycles. The van der Waals surface area contributed by atoms with Gasteiger partial charge in [0, 0.05) is 6.92 Å². The van der Waals surface area contributed by atoms with Crippen LogP contribution in [0.4, 0.5) is 0 Å². The van der Waals surface area contributed by atoms with Gasteiger partial charge >= 0.3 is 0 Å². The van der Waals surface area contributed by atoms with Crippen molar-refractivity contribution in [3.05, 3.63) is 0 Å². The lowest BCUT2D eigenvalue weighted by atomic mass is 10.0. The Hall–Kier alpha value is 0.210. The van der Waals surface area contributed by atoms with E-state index in [1.807, 2.05) is 0 Å². The fraction of sp³-hybridized carbons (Fsp3) is 1.00. The highest BCUT2D eigenvalue weighted by molar-refractivity contribution is 4.75. The van der Waals surface area contributed by atoms with E-state index >= 15 is 0 Å². The molecule has 0 spiro atoms. The highest BCUT2D eigenvalue weighted by Gasteiger charge is 2.53. The maximum absolute atomic E-state index is 5.62. The molecule has 0 N–H and O–H groups in total. The van der Waals surface area contributed by atoms with Gasteiger partial charge in [0.05, 0.1) is 20.6 Å². The van der Waals surface area contributed by atoms with E-state index in [-0.39, 0.29) is 18.1 Å². The molecule has 2 nitrogen and oxygen atoms in total. The first-order valence-electron chi connectivity index (χ1n) is 12.5. The van der Waals surface area contributed by atoms with Gasteiger partial charge < -0.3 is 17.1 Å². The molecule has 1 saturated heterocycles. The number of nitrogens with zero attached hydrogens (tertiary/aromatic N) is 1. The van der Waals surface area contributed by atoms with E-state index in [1.165, 1.54) is 122 Å². The number of hydrogen-bond donors (Lipinski definition) is 0. The monoisotopic (exact) mass is 417 g/mol. The number of unbranched alkanes of at least 4 members (excludes halogenated alkanes) is 17. The third-order valence-electron chi connectivity index (χ3n) is 6.91. The number of quaternary nitrogens is 1. The minimum Gasteiger partial charge on any atom is -1.00 e. The highest BCUT2D eigenvalue weighted by atomic mass is 35.5. The first-order valence-corrected chi connectivity index (χ1v) is 12.5. The zero-order chi connectivity index (χ0) is 19.8. The van der Waals surface area contributed by atoms with Crippen molar-refractivity contribution in [1.29, 1.82) is 0 Å². The summed E-state index contributed by atoms with van der Waals surface area (Å²) in [5.74, 6) is 0. The van der Waals surface area contributed by atoms with E-state index in [0.29, 0.717) is 0 Å². The Morgan fingerprint density at radius 2 is 0.893 bits per heavy atom. The van der Waals surface area contributed by atoms with Crippen molar-refractivity contribution in [3.8, 4) is 0 Å². The molecule has 1 atom stereocenters. The molecule has 1 heterocycles. The average Bonchev–Trinajstić information content (AvgIpc) is 3.40. The molecule has 1 rings (SSSR count). The van der Waals surface area contributed by atoms with Crippen LogP contribution < -0.4 is 12.4 Å². The Labute approximate surface area is 184 Å². The van der Waals surface area contributed by atoms with Gasteiger partial charge in [-0.2, -0.15) is 0 Å². The third-order valence-corrected chi connectivity index (χ3v) is 6.91. The Kier molecular flexibility index (Phi) is 17.1. The molecule has 0 aromatic rings. The van der Waals surface area contributed by atoms with Crippen LogP contribution in [0, 0.1) is 0 Å². The van der Waals surface area contributed by atoms with E-state index < -0.39 is 0 Å². The maximum atomic E-state index is 5.62. The van der Waals surface area contributed by atoms with Gasteiger partial charge in [0.25, 0.3) is 0 Å². The van der Waals surface area contributed by atoms with Crippen LogP contribution in [-0.4, -0.2) is 37.5 Å². The molecule has 1 aliphatic rings. The van der Waals surface area contributed by atoms with Gasteiger partial charge in [0.1, 0.15) is 6.61 Å². The lowest BCUT2D eigenvalue weighted by molar-refractivity contribution is -0.935. The maximum Gasteiger partial charge on any atom is 0.224 e. The van der Waals surface area contributed by atoms with Crippen molar-refractivity contribution in [2.45, 2.75) is 135 Å². The van der Waals surface area contributed by atoms with Gasteiger partial charge in [-0.05, 0) is 12.8 Å². The molecule has 0 aromatic carbocycles. The number of halogens is 1. The second-order valence-corrected chi connectivity index (χ2v) is 9.88. The van der Waals surface area contributed by atoms with Gasteiger partial charge in [-0.15, -0.1) is 0 Å². The average molecular weight is 418 g/mol. The van der Waals surface area contributed by atoms with Crippen LogP contribution >= 0.6 is 0 Å². The molecule has 0 radical (unpaired) electrons. The molecule has 0 bridgehead atoms. The Balaban J connectivity index is 0.00000729. The molecular formula is C25H52ClNO. The highest BCUT2D eigenvalue weighted by Crippen LogP contribution is 2.35. The summed E-state index contributed by atoms with van der Waals surface area (Å²) in [5.41, 5.74) is 0.120. The number of hydrogen-bond acceptors (Lipinski definition) is 1. The van der Waals surface area contributed by atoms with Crippen molar-refractivity contribution < 1.29 is 21.6 Å². The zero-order valence-corrected chi connectivity index (χ0v) is 20.6. The van der Waals surface area contributed by atoms with Crippen LogP contribution in [0.1, 0.15) is 129 Å². The van der Waals surface area contributed by atoms with Gasteiger partial charge in [0.15, 0.2) is 0 Å². The summed E-state index contributed by atoms with van der Waals surface area (Å²) < 4.78 is 6.65. The lowest BCUT2D eigenvalue weighted by Crippen LogP contribution is -3.00. The number of rotatable bonds is 20. The zero-order valence-electron chi connectivity index (χ0n) is 19.9. The van der Waals surface area contributed by atoms with Crippen molar-refractivity contribution >= 4 is 0 Å². The predicted octanol–water partition coefficient (Wildman–Crippen LogP) is 4.85. The minimum absolute atomic E-state index is 0. The van der Waals surface area contributed by atoms with Crippen molar-refractivity contribution in [2.24, 2.45) is 0 Å². The SMILES string of the molecule is CCCCCCCCCCCCCCCCCCCC[N+](C)(C)C1(C)CO1.[Cl-]. The minimum atomic E-state index is 0. The third kappa shape index (κ3) is 13.4. The molecule has 0 aliphatic carbocycles. The quantitative estimate of drug-likeness (QED) is 0.156. The fourth-order valence-corrected chi connectivity index (χ4v) is 4.10. The van der Waals surface area contributed by atoms with Crippen molar-refractivity contribution in [3.63, 3.8) is 0 Å².